The minimum Gasteiger partial charge on any atom is -0.493 e. The van der Waals surface area contributed by atoms with Crippen LogP contribution in [0.1, 0.15) is 34.8 Å². The van der Waals surface area contributed by atoms with Gasteiger partial charge in [0.1, 0.15) is 0 Å². The molecule has 1 unspecified atom stereocenters. The van der Waals surface area contributed by atoms with E-state index in [4.69, 9.17) is 9.47 Å². The Balaban J connectivity index is 1.77. The van der Waals surface area contributed by atoms with Crippen LogP contribution in [0, 0.1) is 0 Å². The Hall–Kier alpha value is -2.54. The van der Waals surface area contributed by atoms with Gasteiger partial charge in [0.2, 0.25) is 0 Å². The fourth-order valence-corrected chi connectivity index (χ4v) is 3.48. The van der Waals surface area contributed by atoms with Crippen LogP contribution in [0.25, 0.3) is 0 Å². The number of rotatable bonds is 7. The first-order valence-electron chi connectivity index (χ1n) is 9.23. The molecule has 0 saturated carbocycles. The zero-order valence-corrected chi connectivity index (χ0v) is 16.5. The van der Waals surface area contributed by atoms with Crippen LogP contribution in [-0.2, 0) is 6.54 Å². The summed E-state index contributed by atoms with van der Waals surface area (Å²) in [5.41, 5.74) is 1.71. The number of benzene rings is 1. The van der Waals surface area contributed by atoms with Gasteiger partial charge in [0.05, 0.1) is 38.6 Å². The van der Waals surface area contributed by atoms with Gasteiger partial charge in [0, 0.05) is 19.3 Å². The first-order valence-corrected chi connectivity index (χ1v) is 9.23. The number of likely N-dealkylation sites (tertiary alicyclic amines) is 1. The van der Waals surface area contributed by atoms with Crippen LogP contribution in [0.4, 0.5) is 0 Å². The standard InChI is InChI=1S/C20H28N4O3/c1-22(2)10-11-23-14-16(13-21-23)20(25)24-9-5-6-17(24)15-7-8-18(26-3)19(12-15)27-4/h7-8,12-14,17H,5-6,9-11H2,1-4H3. The zero-order chi connectivity index (χ0) is 19.4. The minimum absolute atomic E-state index is 0.0309. The molecule has 1 aliphatic rings. The summed E-state index contributed by atoms with van der Waals surface area (Å²) in [6, 6.07) is 5.92. The Morgan fingerprint density at radius 2 is 2.04 bits per heavy atom. The number of carbonyl (C=O) groups excluding carboxylic acids is 1. The molecule has 1 aliphatic heterocycles. The van der Waals surface area contributed by atoms with Gasteiger partial charge < -0.3 is 19.3 Å². The Bertz CT molecular complexity index is 787. The smallest absolute Gasteiger partial charge is 0.257 e. The van der Waals surface area contributed by atoms with E-state index in [9.17, 15) is 4.79 Å². The van der Waals surface area contributed by atoms with Gasteiger partial charge in [-0.15, -0.1) is 0 Å². The normalized spacial score (nSPS) is 16.8. The van der Waals surface area contributed by atoms with E-state index < -0.39 is 0 Å². The Labute approximate surface area is 160 Å². The first-order chi connectivity index (χ1) is 13.0. The summed E-state index contributed by atoms with van der Waals surface area (Å²) in [6.45, 7) is 2.40. The second-order valence-corrected chi connectivity index (χ2v) is 7.07. The summed E-state index contributed by atoms with van der Waals surface area (Å²) >= 11 is 0. The van der Waals surface area contributed by atoms with Crippen LogP contribution in [0.3, 0.4) is 0 Å². The van der Waals surface area contributed by atoms with Crippen molar-refractivity contribution in [3.63, 3.8) is 0 Å². The van der Waals surface area contributed by atoms with E-state index in [-0.39, 0.29) is 11.9 Å². The number of carbonyl (C=O) groups is 1. The second kappa shape index (κ2) is 8.43. The molecule has 27 heavy (non-hydrogen) atoms. The monoisotopic (exact) mass is 372 g/mol. The number of nitrogens with zero attached hydrogens (tertiary/aromatic N) is 4. The molecule has 7 heteroatoms. The first kappa shape index (κ1) is 19.2. The van der Waals surface area contributed by atoms with Crippen LogP contribution < -0.4 is 9.47 Å². The summed E-state index contributed by atoms with van der Waals surface area (Å²) in [7, 11) is 7.29. The third-order valence-corrected chi connectivity index (χ3v) is 4.96. The number of likely N-dealkylation sites (N-methyl/N-ethyl adjacent to an activating group) is 1. The molecule has 0 spiro atoms. The van der Waals surface area contributed by atoms with Crippen molar-refractivity contribution in [3.8, 4) is 11.5 Å². The predicted octanol–water partition coefficient (Wildman–Crippen LogP) is 2.44. The molecule has 1 amide bonds. The van der Waals surface area contributed by atoms with E-state index in [2.05, 4.69) is 10.00 Å². The summed E-state index contributed by atoms with van der Waals surface area (Å²) in [4.78, 5) is 17.1. The van der Waals surface area contributed by atoms with Gasteiger partial charge in [-0.3, -0.25) is 9.48 Å². The third-order valence-electron chi connectivity index (χ3n) is 4.96. The fraction of sp³-hybridized carbons (Fsp3) is 0.500. The summed E-state index contributed by atoms with van der Waals surface area (Å²) < 4.78 is 12.6. The molecule has 0 bridgehead atoms. The molecule has 7 nitrogen and oxygen atoms in total. The molecule has 2 aromatic rings. The molecule has 1 aromatic carbocycles. The summed E-state index contributed by atoms with van der Waals surface area (Å²) in [5.74, 6) is 1.41. The molecule has 3 rings (SSSR count). The molecule has 0 radical (unpaired) electrons. The number of hydrogen-bond donors (Lipinski definition) is 0. The molecular weight excluding hydrogens is 344 g/mol. The van der Waals surface area contributed by atoms with Gasteiger partial charge in [0.25, 0.3) is 5.91 Å². The highest BCUT2D eigenvalue weighted by atomic mass is 16.5. The van der Waals surface area contributed by atoms with E-state index in [1.54, 1.807) is 20.4 Å². The highest BCUT2D eigenvalue weighted by Gasteiger charge is 2.31. The topological polar surface area (TPSA) is 59.8 Å². The van der Waals surface area contributed by atoms with Crippen molar-refractivity contribution in [2.24, 2.45) is 0 Å². The number of methoxy groups -OCH3 is 2. The number of ether oxygens (including phenoxy) is 2. The highest BCUT2D eigenvalue weighted by molar-refractivity contribution is 5.94. The highest BCUT2D eigenvalue weighted by Crippen LogP contribution is 2.37. The maximum Gasteiger partial charge on any atom is 0.257 e. The minimum atomic E-state index is 0.0309. The van der Waals surface area contributed by atoms with E-state index in [0.29, 0.717) is 17.1 Å². The van der Waals surface area contributed by atoms with Crippen molar-refractivity contribution in [1.82, 2.24) is 19.6 Å². The number of hydrogen-bond acceptors (Lipinski definition) is 5. The summed E-state index contributed by atoms with van der Waals surface area (Å²) in [5, 5.41) is 4.33. The maximum atomic E-state index is 13.1. The molecule has 1 atom stereocenters. The predicted molar refractivity (Wildman–Crippen MR) is 103 cm³/mol. The molecule has 2 heterocycles. The van der Waals surface area contributed by atoms with Crippen molar-refractivity contribution >= 4 is 5.91 Å². The Morgan fingerprint density at radius 3 is 2.74 bits per heavy atom. The van der Waals surface area contributed by atoms with Crippen LogP contribution in [0.2, 0.25) is 0 Å². The van der Waals surface area contributed by atoms with E-state index in [1.807, 2.05) is 48.1 Å². The third kappa shape index (κ3) is 4.24. The van der Waals surface area contributed by atoms with Gasteiger partial charge in [-0.05, 0) is 44.6 Å². The van der Waals surface area contributed by atoms with E-state index >= 15 is 0 Å². The van der Waals surface area contributed by atoms with Crippen LogP contribution in [-0.4, -0.2) is 66.9 Å². The van der Waals surface area contributed by atoms with Crippen LogP contribution in [0.5, 0.6) is 11.5 Å². The fourth-order valence-electron chi connectivity index (χ4n) is 3.48. The van der Waals surface area contributed by atoms with Crippen LogP contribution >= 0.6 is 0 Å². The molecule has 0 N–H and O–H groups in total. The zero-order valence-electron chi connectivity index (χ0n) is 16.5. The lowest BCUT2D eigenvalue weighted by Gasteiger charge is -2.25. The van der Waals surface area contributed by atoms with Gasteiger partial charge in [-0.2, -0.15) is 5.10 Å². The molecule has 1 fully saturated rings. The lowest BCUT2D eigenvalue weighted by Crippen LogP contribution is -2.30. The van der Waals surface area contributed by atoms with Gasteiger partial charge in [-0.1, -0.05) is 6.07 Å². The summed E-state index contributed by atoms with van der Waals surface area (Å²) in [6.07, 6.45) is 5.44. The molecule has 0 aliphatic carbocycles. The SMILES string of the molecule is COc1ccc(C2CCCN2C(=O)c2cnn(CCN(C)C)c2)cc1OC. The number of amides is 1. The van der Waals surface area contributed by atoms with E-state index in [1.165, 1.54) is 0 Å². The molecular formula is C20H28N4O3. The van der Waals surface area contributed by atoms with Gasteiger partial charge in [-0.25, -0.2) is 0 Å². The van der Waals surface area contributed by atoms with Crippen LogP contribution in [0.15, 0.2) is 30.6 Å². The molecule has 1 saturated heterocycles. The lowest BCUT2D eigenvalue weighted by molar-refractivity contribution is 0.0735. The largest absolute Gasteiger partial charge is 0.493 e. The van der Waals surface area contributed by atoms with Crippen molar-refractivity contribution in [2.45, 2.75) is 25.4 Å². The average molecular weight is 372 g/mol. The maximum absolute atomic E-state index is 13.1. The van der Waals surface area contributed by atoms with Crippen molar-refractivity contribution in [2.75, 3.05) is 41.4 Å². The molecule has 146 valence electrons. The van der Waals surface area contributed by atoms with Gasteiger partial charge in [0.15, 0.2) is 11.5 Å². The Morgan fingerprint density at radius 1 is 1.26 bits per heavy atom. The lowest BCUT2D eigenvalue weighted by atomic mass is 10.0. The molecule has 1 aromatic heterocycles. The average Bonchev–Trinajstić information content (AvgIpc) is 3.34. The van der Waals surface area contributed by atoms with Gasteiger partial charge >= 0.3 is 0 Å². The van der Waals surface area contributed by atoms with E-state index in [0.717, 1.165) is 38.0 Å². The van der Waals surface area contributed by atoms with Crippen molar-refractivity contribution in [3.05, 3.63) is 41.7 Å². The number of aromatic nitrogens is 2. The Kier molecular flexibility index (Phi) is 6.01. The van der Waals surface area contributed by atoms with Crippen molar-refractivity contribution in [1.29, 1.82) is 0 Å². The second-order valence-electron chi connectivity index (χ2n) is 7.07. The quantitative estimate of drug-likeness (QED) is 0.747. The van der Waals surface area contributed by atoms with Crippen molar-refractivity contribution < 1.29 is 14.3 Å².